The van der Waals surface area contributed by atoms with Crippen LogP contribution in [-0.4, -0.2) is 13.4 Å². The van der Waals surface area contributed by atoms with Gasteiger partial charge in [0.15, 0.2) is 6.61 Å². The molecule has 0 aliphatic heterocycles. The van der Waals surface area contributed by atoms with Crippen LogP contribution in [0.4, 0.5) is 0 Å². The average Bonchev–Trinajstić information content (AvgIpc) is 1.41. The smallest absolute Gasteiger partial charge is 0.183 e. The number of hydrogen-bond donors (Lipinski definition) is 0. The Morgan fingerprint density at radius 3 is 2.40 bits per heavy atom. The number of rotatable bonds is 2. The fourth-order valence-corrected chi connectivity index (χ4v) is 0.0589. The van der Waals surface area contributed by atoms with Crippen molar-refractivity contribution in [2.75, 3.05) is 13.4 Å². The van der Waals surface area contributed by atoms with Gasteiger partial charge in [-0.1, -0.05) is 0 Å². The molecule has 0 aliphatic rings. The third-order valence-corrected chi connectivity index (χ3v) is 0.228. The molecule has 0 radical (unpaired) electrons. The zero-order valence-corrected chi connectivity index (χ0v) is 2.94. The molecule has 0 saturated carbocycles. The molecule has 5 heavy (non-hydrogen) atoms. The van der Waals surface area contributed by atoms with E-state index in [-0.39, 0.29) is 6.61 Å². The fraction of sp³-hybridized carbons (Fsp3) is 0.667. The Balaban J connectivity index is 2.19. The second-order valence-electron chi connectivity index (χ2n) is 0.526. The largest absolute Gasteiger partial charge is 0.834 e. The zero-order chi connectivity index (χ0) is 4.12. The van der Waals surface area contributed by atoms with Crippen molar-refractivity contribution in [1.82, 2.24) is 0 Å². The van der Waals surface area contributed by atoms with Crippen LogP contribution in [-0.2, 0) is 4.74 Å². The molecule has 0 rings (SSSR count). The Morgan fingerprint density at radius 1 is 1.80 bits per heavy atom. The molecule has 0 amide bonds. The van der Waals surface area contributed by atoms with E-state index in [9.17, 15) is 5.11 Å². The monoisotopic (exact) mass is 74.0 g/mol. The third kappa shape index (κ3) is 3.79. The van der Waals surface area contributed by atoms with Crippen LogP contribution in [0, 0.1) is 6.92 Å². The number of ether oxygens (including phenoxy) is 1. The van der Waals surface area contributed by atoms with Gasteiger partial charge in [-0.15, -0.1) is 0 Å². The first-order valence-electron chi connectivity index (χ1n) is 1.37. The van der Waals surface area contributed by atoms with Crippen LogP contribution in [0.25, 0.3) is 0 Å². The van der Waals surface area contributed by atoms with Gasteiger partial charge in [0.25, 0.3) is 0 Å². The molecule has 0 N–H and O–H groups in total. The summed E-state index contributed by atoms with van der Waals surface area (Å²) in [6.07, 6.45) is 0. The molecule has 0 fully saturated rings. The molecule has 0 unspecified atom stereocenters. The molecule has 0 heterocycles. The van der Waals surface area contributed by atoms with Gasteiger partial charge in [0.1, 0.15) is 0 Å². The highest BCUT2D eigenvalue weighted by molar-refractivity contribution is 4.22. The Bertz CT molecular complexity index is 12.4. The van der Waals surface area contributed by atoms with Crippen LogP contribution < -0.4 is 5.11 Å². The molecular weight excluding hydrogens is 68.0 g/mol. The summed E-state index contributed by atoms with van der Waals surface area (Å²) in [5, 5.41) is 9.27. The summed E-state index contributed by atoms with van der Waals surface area (Å²) in [4.78, 5) is 0. The molecule has 0 atom stereocenters. The maximum Gasteiger partial charge on any atom is 0.183 e. The van der Waals surface area contributed by atoms with Gasteiger partial charge in [-0.05, 0) is 6.79 Å². The van der Waals surface area contributed by atoms with E-state index in [1.165, 1.54) is 0 Å². The van der Waals surface area contributed by atoms with E-state index in [1.807, 2.05) is 0 Å². The molecule has 0 spiro atoms. The number of hydrogen-bond acceptors (Lipinski definition) is 2. The van der Waals surface area contributed by atoms with E-state index in [2.05, 4.69) is 11.7 Å². The maximum atomic E-state index is 9.27. The summed E-state index contributed by atoms with van der Waals surface area (Å²) >= 11 is 0. The minimum Gasteiger partial charge on any atom is -0.834 e. The molecule has 0 bridgehead atoms. The van der Waals surface area contributed by atoms with E-state index >= 15 is 0 Å². The Morgan fingerprint density at radius 2 is 2.40 bits per heavy atom. The Kier molecular flexibility index (Phi) is 3.63. The summed E-state index contributed by atoms with van der Waals surface area (Å²) in [6, 6.07) is 0. The van der Waals surface area contributed by atoms with Gasteiger partial charge in [-0.2, -0.15) is 0 Å². The molecule has 0 saturated heterocycles. The SMILES string of the molecule is [CH2+]COC[O-]. The normalized spacial score (nSPS) is 8.20. The van der Waals surface area contributed by atoms with Crippen LogP contribution in [0.1, 0.15) is 0 Å². The highest BCUT2D eigenvalue weighted by atomic mass is 16.6. The second kappa shape index (κ2) is 3.79. The topological polar surface area (TPSA) is 32.3 Å². The highest BCUT2D eigenvalue weighted by Crippen LogP contribution is 1.56. The van der Waals surface area contributed by atoms with Crippen LogP contribution in [0.5, 0.6) is 0 Å². The first-order valence-corrected chi connectivity index (χ1v) is 1.37. The maximum absolute atomic E-state index is 9.27. The van der Waals surface area contributed by atoms with Crippen LogP contribution in [0.3, 0.4) is 0 Å². The average molecular weight is 74.1 g/mol. The van der Waals surface area contributed by atoms with Crippen molar-refractivity contribution in [3.05, 3.63) is 6.92 Å². The van der Waals surface area contributed by atoms with Crippen LogP contribution >= 0.6 is 0 Å². The zero-order valence-electron chi connectivity index (χ0n) is 2.94. The van der Waals surface area contributed by atoms with Gasteiger partial charge >= 0.3 is 0 Å². The first-order chi connectivity index (χ1) is 2.41. The van der Waals surface area contributed by atoms with Crippen molar-refractivity contribution >= 4 is 0 Å². The predicted molar refractivity (Wildman–Crippen MR) is 16.2 cm³/mol. The van der Waals surface area contributed by atoms with E-state index in [4.69, 9.17) is 0 Å². The fourth-order valence-electron chi connectivity index (χ4n) is 0.0589. The van der Waals surface area contributed by atoms with Crippen molar-refractivity contribution in [2.45, 2.75) is 0 Å². The lowest BCUT2D eigenvalue weighted by atomic mass is 10.9. The van der Waals surface area contributed by atoms with Crippen molar-refractivity contribution in [3.63, 3.8) is 0 Å². The lowest BCUT2D eigenvalue weighted by Gasteiger charge is -1.95. The van der Waals surface area contributed by atoms with Gasteiger partial charge in [0, 0.05) is 0 Å². The summed E-state index contributed by atoms with van der Waals surface area (Å²) in [6.45, 7) is 3.07. The Hall–Kier alpha value is -0.210. The van der Waals surface area contributed by atoms with Gasteiger partial charge in [0.05, 0.1) is 6.92 Å². The minimum atomic E-state index is -0.469. The Labute approximate surface area is 31.4 Å². The standard InChI is InChI=1S/C3H6O2/c1-2-5-3-4/h1-3H2. The van der Waals surface area contributed by atoms with E-state index < -0.39 is 6.79 Å². The summed E-state index contributed by atoms with van der Waals surface area (Å²) in [7, 11) is 0. The first kappa shape index (κ1) is 4.79. The molecule has 0 aliphatic carbocycles. The van der Waals surface area contributed by atoms with Crippen molar-refractivity contribution in [1.29, 1.82) is 0 Å². The van der Waals surface area contributed by atoms with Crippen molar-refractivity contribution in [3.8, 4) is 0 Å². The van der Waals surface area contributed by atoms with Gasteiger partial charge < -0.3 is 9.84 Å². The minimum absolute atomic E-state index is 0.281. The predicted octanol–water partition coefficient (Wildman–Crippen LogP) is -0.845. The van der Waals surface area contributed by atoms with Crippen LogP contribution in [0.2, 0.25) is 0 Å². The lowest BCUT2D eigenvalue weighted by molar-refractivity contribution is -0.429. The molecule has 0 aromatic carbocycles. The summed E-state index contributed by atoms with van der Waals surface area (Å²) in [5.74, 6) is 0. The summed E-state index contributed by atoms with van der Waals surface area (Å²) in [5.41, 5.74) is 0. The van der Waals surface area contributed by atoms with Crippen molar-refractivity contribution in [2.24, 2.45) is 0 Å². The third-order valence-electron chi connectivity index (χ3n) is 0.228. The quantitative estimate of drug-likeness (QED) is 0.316. The molecule has 30 valence electrons. The molecule has 0 aromatic heterocycles. The molecule has 0 aromatic rings. The van der Waals surface area contributed by atoms with E-state index in [0.717, 1.165) is 0 Å². The van der Waals surface area contributed by atoms with E-state index in [0.29, 0.717) is 0 Å². The van der Waals surface area contributed by atoms with E-state index in [1.54, 1.807) is 0 Å². The lowest BCUT2D eigenvalue weighted by Crippen LogP contribution is -2.08. The molecular formula is C3H6O2. The highest BCUT2D eigenvalue weighted by Gasteiger charge is 1.65. The molecule has 2 nitrogen and oxygen atoms in total. The van der Waals surface area contributed by atoms with Crippen LogP contribution in [0.15, 0.2) is 0 Å². The molecule has 2 heteroatoms. The van der Waals surface area contributed by atoms with Gasteiger partial charge in [-0.3, -0.25) is 0 Å². The van der Waals surface area contributed by atoms with Gasteiger partial charge in [-0.25, -0.2) is 0 Å². The van der Waals surface area contributed by atoms with Gasteiger partial charge in [0.2, 0.25) is 0 Å². The van der Waals surface area contributed by atoms with Crippen molar-refractivity contribution < 1.29 is 9.84 Å². The second-order valence-corrected chi connectivity index (χ2v) is 0.526. The summed E-state index contributed by atoms with van der Waals surface area (Å²) < 4.78 is 4.17.